The molecule has 0 spiro atoms. The van der Waals surface area contributed by atoms with E-state index in [4.69, 9.17) is 18.7 Å². The molecule has 32 heavy (non-hydrogen) atoms. The van der Waals surface area contributed by atoms with Crippen LogP contribution in [0.25, 0.3) is 17.0 Å². The Morgan fingerprint density at radius 1 is 1.16 bits per heavy atom. The van der Waals surface area contributed by atoms with Crippen LogP contribution in [0.5, 0.6) is 11.5 Å². The van der Waals surface area contributed by atoms with E-state index in [9.17, 15) is 4.79 Å². The molecular weight excluding hydrogens is 418 g/mol. The number of fused-ring (bicyclic) bond motifs is 1. The van der Waals surface area contributed by atoms with Gasteiger partial charge in [-0.15, -0.1) is 5.10 Å². The van der Waals surface area contributed by atoms with E-state index in [2.05, 4.69) is 25.1 Å². The highest BCUT2D eigenvalue weighted by molar-refractivity contribution is 5.68. The topological polar surface area (TPSA) is 122 Å². The van der Waals surface area contributed by atoms with Gasteiger partial charge in [0.25, 0.3) is 0 Å². The number of anilines is 1. The zero-order valence-corrected chi connectivity index (χ0v) is 17.6. The van der Waals surface area contributed by atoms with Gasteiger partial charge in [0.1, 0.15) is 6.54 Å². The molecule has 0 bridgehead atoms. The molecule has 0 N–H and O–H groups in total. The smallest absolute Gasteiger partial charge is 0.350 e. The van der Waals surface area contributed by atoms with Crippen LogP contribution in [0.1, 0.15) is 5.89 Å². The average molecular weight is 439 g/mol. The molecule has 1 aliphatic heterocycles. The quantitative estimate of drug-likeness (QED) is 0.427. The predicted molar refractivity (Wildman–Crippen MR) is 112 cm³/mol. The molecule has 166 valence electrons. The van der Waals surface area contributed by atoms with Crippen molar-refractivity contribution in [3.8, 4) is 22.9 Å². The number of aromatic nitrogens is 6. The van der Waals surface area contributed by atoms with Crippen molar-refractivity contribution in [1.29, 1.82) is 0 Å². The highest BCUT2D eigenvalue weighted by atomic mass is 16.5. The maximum Gasteiger partial charge on any atom is 0.350 e. The number of morpholine rings is 1. The van der Waals surface area contributed by atoms with Crippen molar-refractivity contribution in [3.63, 3.8) is 0 Å². The average Bonchev–Trinajstić information content (AvgIpc) is 3.43. The summed E-state index contributed by atoms with van der Waals surface area (Å²) in [6.45, 7) is 2.59. The van der Waals surface area contributed by atoms with Gasteiger partial charge in [0.2, 0.25) is 17.4 Å². The van der Waals surface area contributed by atoms with Crippen LogP contribution >= 0.6 is 0 Å². The Morgan fingerprint density at radius 3 is 2.78 bits per heavy atom. The van der Waals surface area contributed by atoms with Crippen LogP contribution in [0.3, 0.4) is 0 Å². The van der Waals surface area contributed by atoms with Crippen LogP contribution in [-0.4, -0.2) is 69.8 Å². The number of para-hydroxylation sites is 1. The van der Waals surface area contributed by atoms with Crippen molar-refractivity contribution in [2.75, 3.05) is 45.4 Å². The second-order valence-corrected chi connectivity index (χ2v) is 7.04. The first-order chi connectivity index (χ1) is 15.7. The molecule has 0 radical (unpaired) electrons. The lowest BCUT2D eigenvalue weighted by Gasteiger charge is -2.27. The first kappa shape index (κ1) is 20.0. The van der Waals surface area contributed by atoms with Crippen molar-refractivity contribution in [2.45, 2.75) is 6.54 Å². The Morgan fingerprint density at radius 2 is 2.00 bits per heavy atom. The molecule has 4 heterocycles. The van der Waals surface area contributed by atoms with Gasteiger partial charge in [0.15, 0.2) is 17.3 Å². The maximum atomic E-state index is 12.9. The van der Waals surface area contributed by atoms with Crippen molar-refractivity contribution in [3.05, 3.63) is 47.0 Å². The Balaban J connectivity index is 1.47. The Hall–Kier alpha value is -3.93. The van der Waals surface area contributed by atoms with E-state index < -0.39 is 0 Å². The molecule has 0 amide bonds. The van der Waals surface area contributed by atoms with Crippen LogP contribution in [0.4, 0.5) is 5.82 Å². The molecule has 1 aliphatic rings. The SMILES string of the molecule is COc1cccc(-c2noc(Cn3nc4c(N5CCOCC5)nccn4c3=O)n2)c1OC. The summed E-state index contributed by atoms with van der Waals surface area (Å²) < 4.78 is 24.3. The van der Waals surface area contributed by atoms with Gasteiger partial charge in [-0.25, -0.2) is 18.9 Å². The number of hydrogen-bond donors (Lipinski definition) is 0. The number of benzene rings is 1. The molecule has 3 aromatic heterocycles. The van der Waals surface area contributed by atoms with Crippen molar-refractivity contribution in [2.24, 2.45) is 0 Å². The first-order valence-electron chi connectivity index (χ1n) is 10.0. The molecule has 1 fully saturated rings. The molecule has 0 unspecified atom stereocenters. The summed E-state index contributed by atoms with van der Waals surface area (Å²) in [7, 11) is 3.10. The molecule has 5 rings (SSSR count). The van der Waals surface area contributed by atoms with E-state index in [1.807, 2.05) is 0 Å². The summed E-state index contributed by atoms with van der Waals surface area (Å²) in [4.78, 5) is 23.8. The van der Waals surface area contributed by atoms with Crippen LogP contribution in [0.2, 0.25) is 0 Å². The van der Waals surface area contributed by atoms with Crippen LogP contribution in [0.15, 0.2) is 39.9 Å². The van der Waals surface area contributed by atoms with E-state index in [1.54, 1.807) is 44.8 Å². The summed E-state index contributed by atoms with van der Waals surface area (Å²) in [6.07, 6.45) is 3.18. The summed E-state index contributed by atoms with van der Waals surface area (Å²) >= 11 is 0. The minimum atomic E-state index is -0.323. The lowest BCUT2D eigenvalue weighted by Crippen LogP contribution is -2.37. The third kappa shape index (κ3) is 3.43. The molecular formula is C20H21N7O5. The zero-order chi connectivity index (χ0) is 22.1. The van der Waals surface area contributed by atoms with Gasteiger partial charge in [0, 0.05) is 25.5 Å². The molecule has 1 saturated heterocycles. The lowest BCUT2D eigenvalue weighted by atomic mass is 10.1. The Bertz CT molecular complexity index is 1310. The third-order valence-corrected chi connectivity index (χ3v) is 5.19. The molecule has 12 heteroatoms. The van der Waals surface area contributed by atoms with E-state index in [0.717, 1.165) is 0 Å². The van der Waals surface area contributed by atoms with E-state index >= 15 is 0 Å². The Labute approximate surface area is 181 Å². The maximum absolute atomic E-state index is 12.9. The third-order valence-electron chi connectivity index (χ3n) is 5.19. The first-order valence-corrected chi connectivity index (χ1v) is 10.0. The fourth-order valence-corrected chi connectivity index (χ4v) is 3.66. The molecule has 0 saturated carbocycles. The van der Waals surface area contributed by atoms with Gasteiger partial charge in [0.05, 0.1) is 33.0 Å². The van der Waals surface area contributed by atoms with Gasteiger partial charge in [-0.05, 0) is 12.1 Å². The second-order valence-electron chi connectivity index (χ2n) is 7.04. The highest BCUT2D eigenvalue weighted by Crippen LogP contribution is 2.36. The van der Waals surface area contributed by atoms with Gasteiger partial charge >= 0.3 is 5.69 Å². The van der Waals surface area contributed by atoms with E-state index in [-0.39, 0.29) is 18.1 Å². The summed E-state index contributed by atoms with van der Waals surface area (Å²) in [6, 6.07) is 5.38. The van der Waals surface area contributed by atoms with Gasteiger partial charge in [-0.1, -0.05) is 11.2 Å². The molecule has 4 aromatic rings. The minimum Gasteiger partial charge on any atom is -0.493 e. The van der Waals surface area contributed by atoms with Crippen LogP contribution < -0.4 is 20.1 Å². The summed E-state index contributed by atoms with van der Waals surface area (Å²) in [5.41, 5.74) is 0.757. The van der Waals surface area contributed by atoms with Gasteiger partial charge < -0.3 is 23.6 Å². The number of hydrogen-bond acceptors (Lipinski definition) is 10. The van der Waals surface area contributed by atoms with Crippen molar-refractivity contribution < 1.29 is 18.7 Å². The molecule has 12 nitrogen and oxygen atoms in total. The normalized spacial score (nSPS) is 14.1. The van der Waals surface area contributed by atoms with E-state index in [1.165, 1.54) is 9.08 Å². The van der Waals surface area contributed by atoms with Gasteiger partial charge in [-0.2, -0.15) is 4.98 Å². The molecule has 1 aromatic carbocycles. The fourth-order valence-electron chi connectivity index (χ4n) is 3.66. The predicted octanol–water partition coefficient (Wildman–Crippen LogP) is 0.843. The van der Waals surface area contributed by atoms with Crippen molar-refractivity contribution >= 4 is 11.5 Å². The highest BCUT2D eigenvalue weighted by Gasteiger charge is 2.21. The fraction of sp³-hybridized carbons (Fsp3) is 0.350. The number of nitrogens with zero attached hydrogens (tertiary/aromatic N) is 7. The number of ether oxygens (including phenoxy) is 3. The lowest BCUT2D eigenvalue weighted by molar-refractivity contribution is 0.122. The van der Waals surface area contributed by atoms with E-state index in [0.29, 0.717) is 60.7 Å². The number of rotatable bonds is 6. The van der Waals surface area contributed by atoms with Gasteiger partial charge in [-0.3, -0.25) is 0 Å². The zero-order valence-electron chi connectivity index (χ0n) is 17.6. The van der Waals surface area contributed by atoms with Crippen LogP contribution in [0, 0.1) is 0 Å². The second kappa shape index (κ2) is 8.30. The standard InChI is InChI=1S/C20H21N7O5/c1-29-14-5-3-4-13(16(14)30-2)17-22-15(32-24-17)12-27-20(28)26-7-6-21-18(19(26)23-27)25-8-10-31-11-9-25/h3-7H,8-12H2,1-2H3. The minimum absolute atomic E-state index is 0.0162. The number of methoxy groups -OCH3 is 2. The van der Waals surface area contributed by atoms with Crippen molar-refractivity contribution in [1.82, 2.24) is 29.3 Å². The summed E-state index contributed by atoms with van der Waals surface area (Å²) in [5.74, 6) is 2.24. The van der Waals surface area contributed by atoms with Crippen LogP contribution in [-0.2, 0) is 11.3 Å². The molecule has 0 atom stereocenters. The summed E-state index contributed by atoms with van der Waals surface area (Å²) in [5, 5.41) is 8.51. The molecule has 0 aliphatic carbocycles. The Kier molecular flexibility index (Phi) is 5.19. The monoisotopic (exact) mass is 439 g/mol. The largest absolute Gasteiger partial charge is 0.493 e.